The van der Waals surface area contributed by atoms with E-state index in [4.69, 9.17) is 9.84 Å². The summed E-state index contributed by atoms with van der Waals surface area (Å²) >= 11 is 0. The summed E-state index contributed by atoms with van der Waals surface area (Å²) in [5, 5.41) is 9.01. The van der Waals surface area contributed by atoms with Crippen molar-refractivity contribution in [3.05, 3.63) is 59.7 Å². The zero-order valence-corrected chi connectivity index (χ0v) is 17.3. The number of rotatable bonds is 5. The fourth-order valence-electron chi connectivity index (χ4n) is 4.73. The molecule has 1 saturated heterocycles. The molecule has 0 bridgehead atoms. The number of benzene rings is 2. The number of carbonyl (C=O) groups is 2. The molecule has 4 rings (SSSR count). The Kier molecular flexibility index (Phi) is 6.04. The maximum atomic E-state index is 12.8. The zero-order valence-electron chi connectivity index (χ0n) is 17.3. The van der Waals surface area contributed by atoms with Crippen molar-refractivity contribution in [2.24, 2.45) is 0 Å². The molecule has 0 aromatic heterocycles. The molecule has 2 aromatic rings. The van der Waals surface area contributed by atoms with E-state index in [1.165, 1.54) is 22.3 Å². The molecule has 1 atom stereocenters. The lowest BCUT2D eigenvalue weighted by Gasteiger charge is -2.25. The van der Waals surface area contributed by atoms with Gasteiger partial charge >= 0.3 is 12.1 Å². The highest BCUT2D eigenvalue weighted by molar-refractivity contribution is 5.79. The summed E-state index contributed by atoms with van der Waals surface area (Å²) in [6, 6.07) is 16.8. The number of hydrogen-bond donors (Lipinski definition) is 1. The highest BCUT2D eigenvalue weighted by Crippen LogP contribution is 2.44. The van der Waals surface area contributed by atoms with E-state index in [1.54, 1.807) is 4.90 Å². The summed E-state index contributed by atoms with van der Waals surface area (Å²) in [6.45, 7) is 1.58. The van der Waals surface area contributed by atoms with Crippen molar-refractivity contribution in [3.8, 4) is 11.1 Å². The molecule has 1 unspecified atom stereocenters. The number of nitrogens with zero attached hydrogens (tertiary/aromatic N) is 2. The Labute approximate surface area is 177 Å². The van der Waals surface area contributed by atoms with Crippen LogP contribution < -0.4 is 0 Å². The highest BCUT2D eigenvalue weighted by atomic mass is 16.6. The second-order valence-corrected chi connectivity index (χ2v) is 8.18. The average molecular weight is 408 g/mol. The molecular formula is C24H28N2O4. The minimum atomic E-state index is -0.824. The lowest BCUT2D eigenvalue weighted by molar-refractivity contribution is -0.138. The molecule has 1 amide bonds. The molecule has 2 aromatic carbocycles. The fourth-order valence-corrected chi connectivity index (χ4v) is 4.73. The number of likely N-dealkylation sites (tertiary alicyclic amines) is 1. The van der Waals surface area contributed by atoms with Crippen molar-refractivity contribution in [1.82, 2.24) is 9.80 Å². The average Bonchev–Trinajstić information content (AvgIpc) is 2.88. The van der Waals surface area contributed by atoms with Gasteiger partial charge in [-0.05, 0) is 48.6 Å². The molecule has 0 radical (unpaired) electrons. The van der Waals surface area contributed by atoms with E-state index in [2.05, 4.69) is 24.3 Å². The number of aliphatic carboxylic acids is 1. The van der Waals surface area contributed by atoms with Crippen LogP contribution in [0, 0.1) is 0 Å². The van der Waals surface area contributed by atoms with Crippen LogP contribution in [0.2, 0.25) is 0 Å². The van der Waals surface area contributed by atoms with Crippen LogP contribution >= 0.6 is 0 Å². The molecule has 158 valence electrons. The molecule has 6 nitrogen and oxygen atoms in total. The molecule has 0 saturated carbocycles. The van der Waals surface area contributed by atoms with Gasteiger partial charge in [0.25, 0.3) is 0 Å². The zero-order chi connectivity index (χ0) is 21.1. The van der Waals surface area contributed by atoms with Crippen molar-refractivity contribution >= 4 is 12.1 Å². The van der Waals surface area contributed by atoms with Gasteiger partial charge in [0.1, 0.15) is 6.61 Å². The predicted molar refractivity (Wildman–Crippen MR) is 115 cm³/mol. The van der Waals surface area contributed by atoms with Crippen molar-refractivity contribution in [2.45, 2.75) is 31.2 Å². The number of fused-ring (bicyclic) bond motifs is 3. The van der Waals surface area contributed by atoms with Gasteiger partial charge in [0.2, 0.25) is 0 Å². The van der Waals surface area contributed by atoms with Gasteiger partial charge in [-0.1, -0.05) is 48.5 Å². The molecule has 1 aliphatic carbocycles. The number of carboxylic acid groups (broad SMARTS) is 1. The monoisotopic (exact) mass is 408 g/mol. The number of amides is 1. The standard InChI is InChI=1S/C24H28N2O4/c1-25(15-23(27)28)17-7-6-13-26(14-12-17)24(29)30-16-22-20-10-4-2-8-18(20)19-9-3-5-11-21(19)22/h2-5,8-11,17,22H,6-7,12-16H2,1H3,(H,27,28). The van der Waals surface area contributed by atoms with Crippen LogP contribution in [-0.2, 0) is 9.53 Å². The Hall–Kier alpha value is -2.86. The van der Waals surface area contributed by atoms with Crippen LogP contribution in [0.3, 0.4) is 0 Å². The van der Waals surface area contributed by atoms with Gasteiger partial charge in [-0.15, -0.1) is 0 Å². The third-order valence-electron chi connectivity index (χ3n) is 6.30. The predicted octanol–water partition coefficient (Wildman–Crippen LogP) is 3.81. The number of ether oxygens (including phenoxy) is 1. The number of carbonyl (C=O) groups excluding carboxylic acids is 1. The molecule has 6 heteroatoms. The van der Waals surface area contributed by atoms with Crippen LogP contribution in [0.4, 0.5) is 4.79 Å². The van der Waals surface area contributed by atoms with Crippen molar-refractivity contribution in [2.75, 3.05) is 33.3 Å². The summed E-state index contributed by atoms with van der Waals surface area (Å²) in [6.07, 6.45) is 2.21. The van der Waals surface area contributed by atoms with Gasteiger partial charge < -0.3 is 14.7 Å². The third kappa shape index (κ3) is 4.19. The first-order valence-corrected chi connectivity index (χ1v) is 10.6. The smallest absolute Gasteiger partial charge is 0.409 e. The fraction of sp³-hybridized carbons (Fsp3) is 0.417. The van der Waals surface area contributed by atoms with E-state index in [9.17, 15) is 9.59 Å². The SMILES string of the molecule is CN(CC(=O)O)C1CCCN(C(=O)OCC2c3ccccc3-c3ccccc32)CC1. The van der Waals surface area contributed by atoms with E-state index in [0.717, 1.165) is 19.3 Å². The van der Waals surface area contributed by atoms with E-state index in [-0.39, 0.29) is 24.6 Å². The Morgan fingerprint density at radius 3 is 2.30 bits per heavy atom. The van der Waals surface area contributed by atoms with Gasteiger partial charge in [0, 0.05) is 25.0 Å². The Balaban J connectivity index is 1.38. The summed E-state index contributed by atoms with van der Waals surface area (Å²) in [7, 11) is 1.84. The van der Waals surface area contributed by atoms with E-state index < -0.39 is 5.97 Å². The first-order chi connectivity index (χ1) is 14.5. The summed E-state index contributed by atoms with van der Waals surface area (Å²) in [4.78, 5) is 27.4. The van der Waals surface area contributed by atoms with Crippen LogP contribution in [0.25, 0.3) is 11.1 Å². The minimum absolute atomic E-state index is 0.0234. The van der Waals surface area contributed by atoms with Crippen LogP contribution in [-0.4, -0.2) is 66.3 Å². The maximum absolute atomic E-state index is 12.8. The Morgan fingerprint density at radius 2 is 1.67 bits per heavy atom. The highest BCUT2D eigenvalue weighted by Gasteiger charge is 2.30. The van der Waals surface area contributed by atoms with E-state index >= 15 is 0 Å². The van der Waals surface area contributed by atoms with Gasteiger partial charge in [0.05, 0.1) is 6.54 Å². The van der Waals surface area contributed by atoms with Crippen molar-refractivity contribution in [1.29, 1.82) is 0 Å². The molecule has 2 aliphatic rings. The quantitative estimate of drug-likeness (QED) is 0.815. The van der Waals surface area contributed by atoms with Crippen molar-refractivity contribution in [3.63, 3.8) is 0 Å². The lowest BCUT2D eigenvalue weighted by Crippen LogP contribution is -2.37. The van der Waals surface area contributed by atoms with Gasteiger partial charge in [-0.25, -0.2) is 4.79 Å². The Morgan fingerprint density at radius 1 is 1.03 bits per heavy atom. The number of hydrogen-bond acceptors (Lipinski definition) is 4. The van der Waals surface area contributed by atoms with Crippen LogP contribution in [0.5, 0.6) is 0 Å². The second-order valence-electron chi connectivity index (χ2n) is 8.18. The first kappa shape index (κ1) is 20.4. The van der Waals surface area contributed by atoms with E-state index in [1.807, 2.05) is 36.2 Å². The summed E-state index contributed by atoms with van der Waals surface area (Å²) in [5.74, 6) is -0.766. The third-order valence-corrected chi connectivity index (χ3v) is 6.30. The van der Waals surface area contributed by atoms with Crippen LogP contribution in [0.1, 0.15) is 36.3 Å². The van der Waals surface area contributed by atoms with Crippen LogP contribution in [0.15, 0.2) is 48.5 Å². The maximum Gasteiger partial charge on any atom is 0.409 e. The minimum Gasteiger partial charge on any atom is -0.480 e. The molecule has 1 aliphatic heterocycles. The summed E-state index contributed by atoms with van der Waals surface area (Å²) < 4.78 is 5.77. The Bertz CT molecular complexity index is 883. The van der Waals surface area contributed by atoms with Gasteiger partial charge in [-0.3, -0.25) is 9.69 Å². The molecule has 0 spiro atoms. The van der Waals surface area contributed by atoms with Gasteiger partial charge in [0.15, 0.2) is 0 Å². The van der Waals surface area contributed by atoms with Gasteiger partial charge in [-0.2, -0.15) is 0 Å². The van der Waals surface area contributed by atoms with Crippen molar-refractivity contribution < 1.29 is 19.4 Å². The van der Waals surface area contributed by atoms with E-state index in [0.29, 0.717) is 19.7 Å². The molecule has 30 heavy (non-hydrogen) atoms. The second kappa shape index (κ2) is 8.88. The lowest BCUT2D eigenvalue weighted by atomic mass is 9.98. The largest absolute Gasteiger partial charge is 0.480 e. The molecule has 1 heterocycles. The topological polar surface area (TPSA) is 70.1 Å². The molecule has 1 N–H and O–H groups in total. The first-order valence-electron chi connectivity index (χ1n) is 10.6. The number of carboxylic acids is 1. The summed E-state index contributed by atoms with van der Waals surface area (Å²) in [5.41, 5.74) is 4.84. The number of likely N-dealkylation sites (N-methyl/N-ethyl adjacent to an activating group) is 1. The molecular weight excluding hydrogens is 380 g/mol. The molecule has 1 fully saturated rings. The normalized spacial score (nSPS) is 18.6.